The first kappa shape index (κ1) is 24.0. The molecule has 0 aliphatic carbocycles. The Hall–Kier alpha value is -2.68. The first-order valence-corrected chi connectivity index (χ1v) is 12.3. The van der Waals surface area contributed by atoms with Crippen molar-refractivity contribution in [2.75, 3.05) is 33.3 Å². The Labute approximate surface area is 190 Å². The lowest BCUT2D eigenvalue weighted by Crippen LogP contribution is -2.40. The molecule has 0 radical (unpaired) electrons. The van der Waals surface area contributed by atoms with Crippen molar-refractivity contribution >= 4 is 15.9 Å². The molecular formula is C24H31N3O4S. The summed E-state index contributed by atoms with van der Waals surface area (Å²) in [4.78, 5) is 15.3. The molecule has 2 N–H and O–H groups in total. The predicted octanol–water partition coefficient (Wildman–Crippen LogP) is 3.12. The van der Waals surface area contributed by atoms with E-state index in [1.54, 1.807) is 19.2 Å². The van der Waals surface area contributed by atoms with Crippen LogP contribution in [0.5, 0.6) is 5.75 Å². The molecule has 0 spiro atoms. The van der Waals surface area contributed by atoms with E-state index in [1.807, 2.05) is 24.3 Å². The van der Waals surface area contributed by atoms with Crippen LogP contribution < -0.4 is 14.8 Å². The van der Waals surface area contributed by atoms with Crippen molar-refractivity contribution in [1.82, 2.24) is 14.9 Å². The number of methoxy groups -OCH3 is 1. The van der Waals surface area contributed by atoms with Gasteiger partial charge >= 0.3 is 0 Å². The van der Waals surface area contributed by atoms with Crippen LogP contribution in [0, 0.1) is 0 Å². The SMILES string of the molecule is C=CCNS(=O)(=O)c1cccc(C(=O)NCC(c2ccccc2OC)N2CCCCC2)c1. The average molecular weight is 458 g/mol. The zero-order valence-electron chi connectivity index (χ0n) is 18.4. The largest absolute Gasteiger partial charge is 0.496 e. The molecule has 1 aliphatic rings. The monoisotopic (exact) mass is 457 g/mol. The lowest BCUT2D eigenvalue weighted by molar-refractivity contribution is 0.0923. The van der Waals surface area contributed by atoms with Crippen LogP contribution in [-0.4, -0.2) is 52.5 Å². The van der Waals surface area contributed by atoms with Gasteiger partial charge in [0, 0.05) is 24.2 Å². The highest BCUT2D eigenvalue weighted by Crippen LogP contribution is 2.31. The highest BCUT2D eigenvalue weighted by molar-refractivity contribution is 7.89. The summed E-state index contributed by atoms with van der Waals surface area (Å²) in [5.74, 6) is 0.474. The van der Waals surface area contributed by atoms with Crippen molar-refractivity contribution in [1.29, 1.82) is 0 Å². The topological polar surface area (TPSA) is 87.7 Å². The van der Waals surface area contributed by atoms with E-state index >= 15 is 0 Å². The number of carbonyl (C=O) groups excluding carboxylic acids is 1. The summed E-state index contributed by atoms with van der Waals surface area (Å²) in [6, 6.07) is 13.9. The minimum atomic E-state index is -3.70. The smallest absolute Gasteiger partial charge is 0.251 e. The van der Waals surface area contributed by atoms with Crippen molar-refractivity contribution in [2.45, 2.75) is 30.2 Å². The van der Waals surface area contributed by atoms with Crippen molar-refractivity contribution < 1.29 is 17.9 Å². The van der Waals surface area contributed by atoms with Gasteiger partial charge < -0.3 is 10.1 Å². The number of likely N-dealkylation sites (tertiary alicyclic amines) is 1. The highest BCUT2D eigenvalue weighted by atomic mass is 32.2. The maximum absolute atomic E-state index is 12.9. The molecule has 7 nitrogen and oxygen atoms in total. The first-order chi connectivity index (χ1) is 15.5. The van der Waals surface area contributed by atoms with Gasteiger partial charge in [0.05, 0.1) is 18.0 Å². The van der Waals surface area contributed by atoms with Crippen LogP contribution in [0.3, 0.4) is 0 Å². The van der Waals surface area contributed by atoms with E-state index in [0.29, 0.717) is 12.1 Å². The number of sulfonamides is 1. The van der Waals surface area contributed by atoms with Gasteiger partial charge in [-0.2, -0.15) is 0 Å². The Morgan fingerprint density at radius 3 is 2.62 bits per heavy atom. The van der Waals surface area contributed by atoms with E-state index in [-0.39, 0.29) is 23.4 Å². The standard InChI is InChI=1S/C24H31N3O4S/c1-3-14-26-32(29,30)20-11-9-10-19(17-20)24(28)25-18-22(27-15-7-4-8-16-27)21-12-5-6-13-23(21)31-2/h3,5-6,9-13,17,22,26H,1,4,7-8,14-16,18H2,2H3,(H,25,28). The van der Waals surface area contributed by atoms with Gasteiger partial charge in [0.25, 0.3) is 5.91 Å². The fourth-order valence-corrected chi connectivity index (χ4v) is 5.00. The number of carbonyl (C=O) groups is 1. The van der Waals surface area contributed by atoms with E-state index in [1.165, 1.54) is 24.6 Å². The third-order valence-corrected chi connectivity index (χ3v) is 7.03. The van der Waals surface area contributed by atoms with Crippen molar-refractivity contribution in [3.63, 3.8) is 0 Å². The molecule has 0 saturated carbocycles. The number of piperidine rings is 1. The molecule has 1 saturated heterocycles. The number of rotatable bonds is 10. The summed E-state index contributed by atoms with van der Waals surface area (Å²) < 4.78 is 32.8. The second-order valence-electron chi connectivity index (χ2n) is 7.73. The Bertz CT molecular complexity index is 1030. The first-order valence-electron chi connectivity index (χ1n) is 10.8. The summed E-state index contributed by atoms with van der Waals surface area (Å²) in [5, 5.41) is 3.00. The third-order valence-electron chi connectivity index (χ3n) is 5.61. The average Bonchev–Trinajstić information content (AvgIpc) is 2.84. The van der Waals surface area contributed by atoms with Gasteiger partial charge in [-0.15, -0.1) is 6.58 Å². The number of benzene rings is 2. The molecule has 8 heteroatoms. The molecule has 2 aromatic rings. The van der Waals surface area contributed by atoms with Crippen LogP contribution in [0.25, 0.3) is 0 Å². The Morgan fingerprint density at radius 2 is 1.91 bits per heavy atom. The molecule has 3 rings (SSSR count). The van der Waals surface area contributed by atoms with Gasteiger partial charge in [-0.1, -0.05) is 36.8 Å². The van der Waals surface area contributed by atoms with Crippen molar-refractivity contribution in [3.8, 4) is 5.75 Å². The van der Waals surface area contributed by atoms with E-state index in [9.17, 15) is 13.2 Å². The van der Waals surface area contributed by atoms with Crippen LogP contribution in [0.15, 0.2) is 66.1 Å². The van der Waals surface area contributed by atoms with E-state index < -0.39 is 10.0 Å². The van der Waals surface area contributed by atoms with Crippen LogP contribution in [0.1, 0.15) is 41.2 Å². The fraction of sp³-hybridized carbons (Fsp3) is 0.375. The molecule has 172 valence electrons. The molecule has 2 aromatic carbocycles. The number of hydrogen-bond donors (Lipinski definition) is 2. The second kappa shape index (κ2) is 11.3. The van der Waals surface area contributed by atoms with E-state index in [2.05, 4.69) is 21.5 Å². The molecule has 0 bridgehead atoms. The fourth-order valence-electron chi connectivity index (χ4n) is 3.96. The Balaban J connectivity index is 1.78. The number of ether oxygens (including phenoxy) is 1. The molecule has 1 amide bonds. The molecule has 0 aromatic heterocycles. The predicted molar refractivity (Wildman–Crippen MR) is 125 cm³/mol. The highest BCUT2D eigenvalue weighted by Gasteiger charge is 2.25. The summed E-state index contributed by atoms with van der Waals surface area (Å²) in [6.45, 7) is 5.95. The van der Waals surface area contributed by atoms with Crippen LogP contribution in [-0.2, 0) is 10.0 Å². The number of nitrogens with zero attached hydrogens (tertiary/aromatic N) is 1. The van der Waals surface area contributed by atoms with Gasteiger partial charge in [-0.25, -0.2) is 13.1 Å². The van der Waals surface area contributed by atoms with E-state index in [4.69, 9.17) is 4.74 Å². The lowest BCUT2D eigenvalue weighted by atomic mass is 10.0. The molecular weight excluding hydrogens is 426 g/mol. The zero-order chi connectivity index (χ0) is 23.0. The number of amides is 1. The van der Waals surface area contributed by atoms with Crippen LogP contribution in [0.4, 0.5) is 0 Å². The minimum absolute atomic E-state index is 0.0310. The van der Waals surface area contributed by atoms with Gasteiger partial charge in [0.15, 0.2) is 0 Å². The molecule has 1 unspecified atom stereocenters. The minimum Gasteiger partial charge on any atom is -0.496 e. The summed E-state index contributed by atoms with van der Waals surface area (Å²) in [6.07, 6.45) is 4.92. The second-order valence-corrected chi connectivity index (χ2v) is 9.50. The summed E-state index contributed by atoms with van der Waals surface area (Å²) in [5.41, 5.74) is 1.33. The maximum atomic E-state index is 12.9. The maximum Gasteiger partial charge on any atom is 0.251 e. The van der Waals surface area contributed by atoms with Crippen LogP contribution in [0.2, 0.25) is 0 Å². The van der Waals surface area contributed by atoms with Crippen molar-refractivity contribution in [3.05, 3.63) is 72.3 Å². The van der Waals surface area contributed by atoms with E-state index in [0.717, 1.165) is 37.2 Å². The number of nitrogens with one attached hydrogen (secondary N) is 2. The molecule has 1 fully saturated rings. The molecule has 1 heterocycles. The Morgan fingerprint density at radius 1 is 1.16 bits per heavy atom. The van der Waals surface area contributed by atoms with Gasteiger partial charge in [0.1, 0.15) is 5.75 Å². The van der Waals surface area contributed by atoms with Gasteiger partial charge in [-0.3, -0.25) is 9.69 Å². The quantitative estimate of drug-likeness (QED) is 0.535. The van der Waals surface area contributed by atoms with Crippen molar-refractivity contribution in [2.24, 2.45) is 0 Å². The summed E-state index contributed by atoms with van der Waals surface area (Å²) >= 11 is 0. The summed E-state index contributed by atoms with van der Waals surface area (Å²) in [7, 11) is -2.06. The Kier molecular flexibility index (Phi) is 8.44. The number of hydrogen-bond acceptors (Lipinski definition) is 5. The molecule has 1 atom stereocenters. The van der Waals surface area contributed by atoms with Gasteiger partial charge in [0.2, 0.25) is 10.0 Å². The lowest BCUT2D eigenvalue weighted by Gasteiger charge is -2.35. The van der Waals surface area contributed by atoms with Crippen LogP contribution >= 0.6 is 0 Å². The van der Waals surface area contributed by atoms with Gasteiger partial charge in [-0.05, 0) is 50.2 Å². The molecule has 32 heavy (non-hydrogen) atoms. The molecule has 1 aliphatic heterocycles. The third kappa shape index (κ3) is 5.97. The number of para-hydroxylation sites is 1. The normalized spacial score (nSPS) is 15.7. The zero-order valence-corrected chi connectivity index (χ0v) is 19.2.